The molecule has 4 aromatic carbocycles. The molecule has 0 N–H and O–H groups in total. The van der Waals surface area contributed by atoms with Gasteiger partial charge in [-0.15, -0.1) is 22.1 Å². The maximum Gasteiger partial charge on any atom is 2.00 e. The van der Waals surface area contributed by atoms with Crippen molar-refractivity contribution in [3.05, 3.63) is 185 Å². The number of nitrogens with zero attached hydrogens (tertiary/aromatic N) is 8. The molecule has 0 saturated heterocycles. The number of aromatic nitrogens is 4. The van der Waals surface area contributed by atoms with Crippen LogP contribution in [0.2, 0.25) is 0 Å². The van der Waals surface area contributed by atoms with Gasteiger partial charge in [0.15, 0.2) is 0 Å². The zero-order valence-electron chi connectivity index (χ0n) is 31.4. The van der Waals surface area contributed by atoms with E-state index in [2.05, 4.69) is 0 Å². The van der Waals surface area contributed by atoms with E-state index in [-0.39, 0.29) is 132 Å². The van der Waals surface area contributed by atoms with Crippen LogP contribution in [0, 0.1) is 40.5 Å². The Labute approximate surface area is 356 Å². The third-order valence-corrected chi connectivity index (χ3v) is 10.1. The summed E-state index contributed by atoms with van der Waals surface area (Å²) in [7, 11) is 0. The number of para-hydroxylation sites is 4. The number of hydrogen-bond acceptors (Lipinski definition) is 10. The number of rotatable bonds is 8. The summed E-state index contributed by atoms with van der Waals surface area (Å²) < 4.78 is 0. The quantitative estimate of drug-likeness (QED) is 0.0790. The Bertz CT molecular complexity index is 2840. The molecule has 61 heavy (non-hydrogen) atoms. The minimum atomic E-state index is -0.527. The fourth-order valence-corrected chi connectivity index (χ4v) is 7.57. The van der Waals surface area contributed by atoms with Crippen LogP contribution in [0.1, 0.15) is 22.8 Å². The van der Waals surface area contributed by atoms with Crippen molar-refractivity contribution in [3.63, 3.8) is 0 Å². The minimum Gasteiger partial charge on any atom is -0.657 e. The largest absolute Gasteiger partial charge is 2.00 e. The first-order valence-corrected chi connectivity index (χ1v) is 18.1. The van der Waals surface area contributed by atoms with Crippen LogP contribution in [-0.2, 0) is 19.5 Å². The van der Waals surface area contributed by atoms with Gasteiger partial charge in [-0.25, -0.2) is 9.97 Å². The summed E-state index contributed by atoms with van der Waals surface area (Å²) in [6, 6.07) is 30.7. The average Bonchev–Trinajstić information content (AvgIpc) is 4.09. The molecule has 7 aromatic rings. The number of nitro groups is 4. The molecule has 0 amide bonds. The van der Waals surface area contributed by atoms with Crippen LogP contribution in [-0.4, -0.2) is 29.7 Å². The van der Waals surface area contributed by atoms with E-state index in [4.69, 9.17) is 19.9 Å². The van der Waals surface area contributed by atoms with Gasteiger partial charge in [0.1, 0.15) is 0 Å². The summed E-state index contributed by atoms with van der Waals surface area (Å²) in [5, 5.41) is 49.9. The number of nitro benzene ring substituents is 4. The van der Waals surface area contributed by atoms with E-state index in [0.717, 1.165) is 0 Å². The van der Waals surface area contributed by atoms with Crippen LogP contribution >= 0.6 is 0 Å². The molecule has 17 heteroatoms. The monoisotopic (exact) mass is 856 g/mol. The predicted octanol–water partition coefficient (Wildman–Crippen LogP) is 10.2. The molecule has 2 aliphatic heterocycles. The van der Waals surface area contributed by atoms with Gasteiger partial charge >= 0.3 is 19.5 Å². The van der Waals surface area contributed by atoms with Crippen molar-refractivity contribution in [2.75, 3.05) is 0 Å². The molecule has 0 aliphatic carbocycles. The molecule has 9 rings (SSSR count). The summed E-state index contributed by atoms with van der Waals surface area (Å²) in [6.45, 7) is 0. The summed E-state index contributed by atoms with van der Waals surface area (Å²) in [5.74, 6) is 0. The van der Waals surface area contributed by atoms with Crippen molar-refractivity contribution in [1.29, 1.82) is 0 Å². The smallest absolute Gasteiger partial charge is 0.657 e. The number of fused-ring (bicyclic) bond motifs is 8. The van der Waals surface area contributed by atoms with Gasteiger partial charge in [-0.3, -0.25) is 40.5 Å². The first-order chi connectivity index (χ1) is 29.1. The second-order valence-corrected chi connectivity index (χ2v) is 13.5. The van der Waals surface area contributed by atoms with Crippen LogP contribution in [0.3, 0.4) is 0 Å². The molecule has 8 bridgehead atoms. The third-order valence-electron chi connectivity index (χ3n) is 10.1. The zero-order valence-corrected chi connectivity index (χ0v) is 34.4. The molecule has 16 nitrogen and oxygen atoms in total. The van der Waals surface area contributed by atoms with Crippen molar-refractivity contribution in [1.82, 2.24) is 19.9 Å². The van der Waals surface area contributed by atoms with E-state index in [1.807, 2.05) is 0 Å². The standard InChI is InChI=1S/C44H24N8O8.Zn/c53-49(54)37-13-5-1-9-25(37)41-29-17-19-31(45-29)42(26-10-2-6-14-38(26)50(55)56)33-21-23-35(47-33)44(28-12-4-8-16-40(28)52(59)60)36-24-22-34(48-36)43(32-20-18-30(41)46-32)27-11-3-7-15-39(27)51(57)58;/h1-24H;/q-2;+2. The van der Waals surface area contributed by atoms with Gasteiger partial charge in [-0.2, -0.15) is 0 Å². The van der Waals surface area contributed by atoms with Gasteiger partial charge < -0.3 is 9.97 Å². The molecule has 0 spiro atoms. The second kappa shape index (κ2) is 15.8. The Kier molecular flexibility index (Phi) is 10.2. The van der Waals surface area contributed by atoms with Gasteiger partial charge in [0, 0.05) is 24.3 Å². The van der Waals surface area contributed by atoms with Crippen LogP contribution in [0.15, 0.2) is 121 Å². The van der Waals surface area contributed by atoms with Gasteiger partial charge in [0.2, 0.25) is 0 Å². The molecular formula is C44H24N8O8Zn. The molecule has 0 fully saturated rings. The van der Waals surface area contributed by atoms with Gasteiger partial charge in [-0.05, 0) is 70.8 Å². The summed E-state index contributed by atoms with van der Waals surface area (Å²) in [4.78, 5) is 67.7. The average molecular weight is 858 g/mol. The minimum absolute atomic E-state index is 0. The van der Waals surface area contributed by atoms with Crippen LogP contribution in [0.25, 0.3) is 90.9 Å². The first-order valence-electron chi connectivity index (χ1n) is 18.1. The van der Waals surface area contributed by atoms with Gasteiger partial charge in [-0.1, -0.05) is 72.8 Å². The van der Waals surface area contributed by atoms with Crippen LogP contribution in [0.5, 0.6) is 0 Å². The van der Waals surface area contributed by atoms with Crippen LogP contribution in [0.4, 0.5) is 22.7 Å². The molecule has 2 aliphatic rings. The zero-order chi connectivity index (χ0) is 41.7. The van der Waals surface area contributed by atoms with Crippen molar-refractivity contribution in [2.24, 2.45) is 0 Å². The molecule has 5 heterocycles. The second-order valence-electron chi connectivity index (χ2n) is 13.5. The van der Waals surface area contributed by atoms with Crippen LogP contribution < -0.4 is 9.97 Å². The summed E-state index contributed by atoms with van der Waals surface area (Å²) in [5.41, 5.74) is 2.51. The van der Waals surface area contributed by atoms with E-state index in [0.29, 0.717) is 0 Å². The van der Waals surface area contributed by atoms with E-state index < -0.39 is 19.7 Å². The Morgan fingerprint density at radius 1 is 0.344 bits per heavy atom. The van der Waals surface area contributed by atoms with Crippen molar-refractivity contribution in [2.45, 2.75) is 0 Å². The first kappa shape index (κ1) is 39.5. The Morgan fingerprint density at radius 2 is 0.557 bits per heavy atom. The topological polar surface area (TPSA) is 227 Å². The molecular weight excluding hydrogens is 834 g/mol. The van der Waals surface area contributed by atoms with Crippen molar-refractivity contribution >= 4 is 69.1 Å². The van der Waals surface area contributed by atoms with Crippen molar-refractivity contribution < 1.29 is 39.2 Å². The van der Waals surface area contributed by atoms with Gasteiger partial charge in [0.05, 0.1) is 64.7 Å². The Morgan fingerprint density at radius 3 is 0.770 bits per heavy atom. The van der Waals surface area contributed by atoms with Crippen molar-refractivity contribution in [3.8, 4) is 44.5 Å². The molecule has 0 unspecified atom stereocenters. The Balaban J connectivity index is 0.00000514. The molecule has 3 aromatic heterocycles. The maximum atomic E-state index is 12.5. The molecule has 290 valence electrons. The van der Waals surface area contributed by atoms with E-state index in [1.54, 1.807) is 97.1 Å². The fourth-order valence-electron chi connectivity index (χ4n) is 7.57. The normalized spacial score (nSPS) is 11.5. The van der Waals surface area contributed by atoms with Gasteiger partial charge in [0.25, 0.3) is 22.7 Å². The SMILES string of the molecule is O=[N+]([O-])c1ccccc1-c1c2nc(c(-c3ccccc3[N+](=O)[O-])c3ccc([n-]3)c(-c3ccccc3[N+](=O)[O-])c3nc(c(-c4ccccc4[N+](=O)[O-])c4ccc1[n-]4)C=C3)C=C2.[Zn+2]. The van der Waals surface area contributed by atoms with E-state index >= 15 is 0 Å². The molecule has 0 radical (unpaired) electrons. The summed E-state index contributed by atoms with van der Waals surface area (Å²) in [6.07, 6.45) is 6.48. The number of hydrogen-bond donors (Lipinski definition) is 0. The summed E-state index contributed by atoms with van der Waals surface area (Å²) >= 11 is 0. The molecule has 0 atom stereocenters. The fraction of sp³-hybridized carbons (Fsp3) is 0. The third kappa shape index (κ3) is 6.94. The number of benzene rings is 4. The predicted molar refractivity (Wildman–Crippen MR) is 225 cm³/mol. The molecule has 0 saturated carbocycles. The van der Waals surface area contributed by atoms with E-state index in [9.17, 15) is 40.5 Å². The Hall–Kier alpha value is -8.30. The van der Waals surface area contributed by atoms with E-state index in [1.165, 1.54) is 48.5 Å². The maximum absolute atomic E-state index is 12.5.